The van der Waals surface area contributed by atoms with Gasteiger partial charge >= 0.3 is 0 Å². The molecule has 0 saturated carbocycles. The van der Waals surface area contributed by atoms with Crippen LogP contribution in [0.4, 0.5) is 4.39 Å². The van der Waals surface area contributed by atoms with Crippen LogP contribution in [-0.2, 0) is 9.53 Å². The summed E-state index contributed by atoms with van der Waals surface area (Å²) >= 11 is 0. The number of carbonyl (C=O) groups is 1. The molecule has 2 atom stereocenters. The van der Waals surface area contributed by atoms with E-state index in [1.54, 1.807) is 19.2 Å². The van der Waals surface area contributed by atoms with Crippen LogP contribution in [0.15, 0.2) is 24.3 Å². The maximum absolute atomic E-state index is 13.5. The monoisotopic (exact) mass is 338 g/mol. The Kier molecular flexibility index (Phi) is 6.99. The van der Waals surface area contributed by atoms with Gasteiger partial charge in [0.1, 0.15) is 0 Å². The minimum Gasteiger partial charge on any atom is -0.481 e. The molecule has 1 aliphatic heterocycles. The minimum atomic E-state index is -0.449. The Morgan fingerprint density at radius 3 is 2.54 bits per heavy atom. The van der Waals surface area contributed by atoms with E-state index in [9.17, 15) is 9.18 Å². The Labute approximate surface area is 143 Å². The summed E-state index contributed by atoms with van der Waals surface area (Å²) in [4.78, 5) is 16.6. The van der Waals surface area contributed by atoms with Gasteiger partial charge in [-0.2, -0.15) is 0 Å². The highest BCUT2D eigenvalue weighted by atomic mass is 19.1. The number of nitrogens with zero attached hydrogens (tertiary/aromatic N) is 2. The quantitative estimate of drug-likeness (QED) is 0.715. The molecule has 2 unspecified atom stereocenters. The molecular formula is C18H27FN2O3. The first kappa shape index (κ1) is 18.7. The van der Waals surface area contributed by atoms with Crippen molar-refractivity contribution in [3.05, 3.63) is 30.1 Å². The average Bonchev–Trinajstić information content (AvgIpc) is 2.56. The molecule has 2 rings (SSSR count). The van der Waals surface area contributed by atoms with Crippen molar-refractivity contribution in [1.29, 1.82) is 0 Å². The number of piperazine rings is 1. The van der Waals surface area contributed by atoms with Crippen molar-refractivity contribution in [3.63, 3.8) is 0 Å². The first-order valence-electron chi connectivity index (χ1n) is 8.42. The van der Waals surface area contributed by atoms with Crippen molar-refractivity contribution >= 4 is 5.91 Å². The number of benzene rings is 1. The van der Waals surface area contributed by atoms with Gasteiger partial charge < -0.3 is 14.4 Å². The van der Waals surface area contributed by atoms with E-state index in [1.807, 2.05) is 4.90 Å². The lowest BCUT2D eigenvalue weighted by Crippen LogP contribution is -2.58. The summed E-state index contributed by atoms with van der Waals surface area (Å²) in [5.41, 5.74) is 0. The predicted molar refractivity (Wildman–Crippen MR) is 90.6 cm³/mol. The Morgan fingerprint density at radius 1 is 1.25 bits per heavy atom. The van der Waals surface area contributed by atoms with Crippen LogP contribution in [0.1, 0.15) is 20.3 Å². The lowest BCUT2D eigenvalue weighted by molar-refractivity contribution is -0.137. The van der Waals surface area contributed by atoms with Gasteiger partial charge in [0.15, 0.2) is 18.2 Å². The second-order valence-corrected chi connectivity index (χ2v) is 6.30. The summed E-state index contributed by atoms with van der Waals surface area (Å²) in [7, 11) is 1.71. The van der Waals surface area contributed by atoms with Crippen LogP contribution in [0.25, 0.3) is 0 Å². The van der Waals surface area contributed by atoms with E-state index in [0.29, 0.717) is 13.1 Å². The molecule has 1 saturated heterocycles. The zero-order chi connectivity index (χ0) is 17.5. The van der Waals surface area contributed by atoms with Crippen LogP contribution in [0.2, 0.25) is 0 Å². The molecule has 0 spiro atoms. The molecule has 134 valence electrons. The van der Waals surface area contributed by atoms with Gasteiger partial charge in [-0.3, -0.25) is 9.69 Å². The number of rotatable bonds is 7. The average molecular weight is 338 g/mol. The van der Waals surface area contributed by atoms with Crippen LogP contribution in [0.3, 0.4) is 0 Å². The molecule has 1 amide bonds. The molecule has 0 bridgehead atoms. The van der Waals surface area contributed by atoms with Crippen molar-refractivity contribution < 1.29 is 18.7 Å². The van der Waals surface area contributed by atoms with Gasteiger partial charge in [0.05, 0.1) is 0 Å². The van der Waals surface area contributed by atoms with E-state index >= 15 is 0 Å². The maximum atomic E-state index is 13.5. The van der Waals surface area contributed by atoms with E-state index in [-0.39, 0.29) is 30.3 Å². The van der Waals surface area contributed by atoms with Crippen molar-refractivity contribution in [2.24, 2.45) is 0 Å². The molecule has 0 N–H and O–H groups in total. The van der Waals surface area contributed by atoms with Gasteiger partial charge in [-0.25, -0.2) is 4.39 Å². The number of halogens is 1. The molecule has 0 radical (unpaired) electrons. The third-order valence-corrected chi connectivity index (χ3v) is 4.41. The molecule has 0 aliphatic carbocycles. The predicted octanol–water partition coefficient (Wildman–Crippen LogP) is 2.16. The number of para-hydroxylation sites is 1. The van der Waals surface area contributed by atoms with Crippen LogP contribution in [0.5, 0.6) is 5.75 Å². The number of hydrogen-bond donors (Lipinski definition) is 0. The molecule has 6 heteroatoms. The van der Waals surface area contributed by atoms with Crippen molar-refractivity contribution in [1.82, 2.24) is 9.80 Å². The topological polar surface area (TPSA) is 42.0 Å². The van der Waals surface area contributed by atoms with Crippen LogP contribution >= 0.6 is 0 Å². The van der Waals surface area contributed by atoms with Gasteiger partial charge in [-0.15, -0.1) is 0 Å². The minimum absolute atomic E-state index is 0.103. The fraction of sp³-hybridized carbons (Fsp3) is 0.611. The van der Waals surface area contributed by atoms with Gasteiger partial charge in [0.2, 0.25) is 0 Å². The van der Waals surface area contributed by atoms with Crippen molar-refractivity contribution in [3.8, 4) is 5.75 Å². The maximum Gasteiger partial charge on any atom is 0.260 e. The number of amides is 1. The summed E-state index contributed by atoms with van der Waals surface area (Å²) in [6.07, 6.45) is 0.982. The smallest absolute Gasteiger partial charge is 0.260 e. The highest BCUT2D eigenvalue weighted by molar-refractivity contribution is 5.78. The number of carbonyl (C=O) groups excluding carboxylic acids is 1. The molecule has 1 heterocycles. The Morgan fingerprint density at radius 2 is 1.92 bits per heavy atom. The second kappa shape index (κ2) is 8.99. The number of methoxy groups -OCH3 is 1. The number of ether oxygens (including phenoxy) is 2. The molecule has 5 nitrogen and oxygen atoms in total. The Bertz CT molecular complexity index is 529. The van der Waals surface area contributed by atoms with E-state index in [0.717, 1.165) is 19.6 Å². The highest BCUT2D eigenvalue weighted by Gasteiger charge is 2.31. The van der Waals surface area contributed by atoms with E-state index < -0.39 is 5.82 Å². The molecule has 1 fully saturated rings. The lowest BCUT2D eigenvalue weighted by Gasteiger charge is -2.44. The van der Waals surface area contributed by atoms with E-state index in [1.165, 1.54) is 12.1 Å². The first-order valence-corrected chi connectivity index (χ1v) is 8.42. The van der Waals surface area contributed by atoms with E-state index in [4.69, 9.17) is 9.47 Å². The standard InChI is InChI=1S/C18H27FN2O3/c1-14-11-20(12-15(2)21(14)9-6-10-23-3)18(22)13-24-17-8-5-4-7-16(17)19/h4-5,7-8,14-15H,6,9-13H2,1-3H3. The van der Waals surface area contributed by atoms with Gasteiger partial charge in [0, 0.05) is 45.4 Å². The Hall–Kier alpha value is -1.66. The fourth-order valence-electron chi connectivity index (χ4n) is 3.19. The summed E-state index contributed by atoms with van der Waals surface area (Å²) in [5.74, 6) is -0.436. The largest absolute Gasteiger partial charge is 0.481 e. The van der Waals surface area contributed by atoms with Gasteiger partial charge in [-0.05, 0) is 32.4 Å². The van der Waals surface area contributed by atoms with Crippen LogP contribution in [0, 0.1) is 5.82 Å². The zero-order valence-corrected chi connectivity index (χ0v) is 14.7. The van der Waals surface area contributed by atoms with Crippen molar-refractivity contribution in [2.45, 2.75) is 32.4 Å². The molecule has 0 aromatic heterocycles. The molecular weight excluding hydrogens is 311 g/mol. The van der Waals surface area contributed by atoms with Gasteiger partial charge in [-0.1, -0.05) is 12.1 Å². The third kappa shape index (κ3) is 4.92. The number of hydrogen-bond acceptors (Lipinski definition) is 4. The van der Waals surface area contributed by atoms with Crippen LogP contribution < -0.4 is 4.74 Å². The van der Waals surface area contributed by atoms with Crippen LogP contribution in [-0.4, -0.2) is 67.7 Å². The Balaban J connectivity index is 1.85. The van der Waals surface area contributed by atoms with Gasteiger partial charge in [0.25, 0.3) is 5.91 Å². The zero-order valence-electron chi connectivity index (χ0n) is 14.7. The molecule has 1 aliphatic rings. The molecule has 24 heavy (non-hydrogen) atoms. The molecule has 1 aromatic rings. The molecule has 1 aromatic carbocycles. The summed E-state index contributed by atoms with van der Waals surface area (Å²) in [6.45, 7) is 7.15. The second-order valence-electron chi connectivity index (χ2n) is 6.30. The normalized spacial score (nSPS) is 21.8. The highest BCUT2D eigenvalue weighted by Crippen LogP contribution is 2.18. The summed E-state index contributed by atoms with van der Waals surface area (Å²) < 4.78 is 24.0. The SMILES string of the molecule is COCCCN1C(C)CN(C(=O)COc2ccccc2F)CC1C. The summed E-state index contributed by atoms with van der Waals surface area (Å²) in [6, 6.07) is 6.69. The lowest BCUT2D eigenvalue weighted by atomic mass is 10.1. The first-order chi connectivity index (χ1) is 11.5. The van der Waals surface area contributed by atoms with Crippen molar-refractivity contribution in [2.75, 3.05) is 40.0 Å². The third-order valence-electron chi connectivity index (χ3n) is 4.41. The fourth-order valence-corrected chi connectivity index (χ4v) is 3.19. The summed E-state index contributed by atoms with van der Waals surface area (Å²) in [5, 5.41) is 0. The van der Waals surface area contributed by atoms with E-state index in [2.05, 4.69) is 18.7 Å².